The molecule has 1 N–H and O–H groups in total. The predicted octanol–water partition coefficient (Wildman–Crippen LogP) is 2.13. The maximum absolute atomic E-state index is 11.7. The summed E-state index contributed by atoms with van der Waals surface area (Å²) in [5, 5.41) is 3.27. The van der Waals surface area contributed by atoms with E-state index in [2.05, 4.69) is 16.9 Å². The number of carbonyl (C=O) groups is 1. The molecule has 3 nitrogen and oxygen atoms in total. The highest BCUT2D eigenvalue weighted by molar-refractivity contribution is 8.15. The van der Waals surface area contributed by atoms with Gasteiger partial charge in [-0.2, -0.15) is 0 Å². The predicted molar refractivity (Wildman–Crippen MR) is 67.4 cm³/mol. The summed E-state index contributed by atoms with van der Waals surface area (Å²) < 4.78 is 0. The molecule has 0 aliphatic carbocycles. The Morgan fingerprint density at radius 3 is 2.88 bits per heavy atom. The topological polar surface area (TPSA) is 41.5 Å². The van der Waals surface area contributed by atoms with Gasteiger partial charge in [-0.3, -0.25) is 9.79 Å². The molecule has 0 spiro atoms. The normalized spacial score (nSPS) is 22.1. The summed E-state index contributed by atoms with van der Waals surface area (Å²) >= 11 is 1.45. The summed E-state index contributed by atoms with van der Waals surface area (Å²) in [6.07, 6.45) is 1.70. The van der Waals surface area contributed by atoms with Gasteiger partial charge in [-0.05, 0) is 5.56 Å². The van der Waals surface area contributed by atoms with Gasteiger partial charge in [0.05, 0.1) is 6.54 Å². The molecule has 2 rings (SSSR count). The molecule has 0 radical (unpaired) electrons. The molecule has 1 aliphatic rings. The summed E-state index contributed by atoms with van der Waals surface area (Å²) in [6, 6.07) is 9.71. The maximum atomic E-state index is 11.7. The number of aliphatic imine (C=N–C) groups is 1. The highest BCUT2D eigenvalue weighted by Gasteiger charge is 2.30. The summed E-state index contributed by atoms with van der Waals surface area (Å²) in [7, 11) is 0. The summed E-state index contributed by atoms with van der Waals surface area (Å²) in [6.45, 7) is 4.12. The number of hydrogen-bond acceptors (Lipinski definition) is 3. The van der Waals surface area contributed by atoms with Crippen molar-refractivity contribution in [1.29, 1.82) is 0 Å². The molecule has 4 heteroatoms. The van der Waals surface area contributed by atoms with Crippen LogP contribution in [0.5, 0.6) is 0 Å². The lowest BCUT2D eigenvalue weighted by atomic mass is 10.1. The average Bonchev–Trinajstić information content (AvgIpc) is 2.69. The maximum Gasteiger partial charge on any atom is 0.244 e. The van der Waals surface area contributed by atoms with Crippen LogP contribution in [0.2, 0.25) is 0 Å². The van der Waals surface area contributed by atoms with Crippen LogP contribution in [0.15, 0.2) is 48.0 Å². The Kier molecular flexibility index (Phi) is 3.41. The van der Waals surface area contributed by atoms with Crippen molar-refractivity contribution in [2.24, 2.45) is 4.99 Å². The minimum atomic E-state index is -0.176. The molecule has 1 aromatic rings. The Morgan fingerprint density at radius 2 is 2.19 bits per heavy atom. The van der Waals surface area contributed by atoms with Gasteiger partial charge >= 0.3 is 0 Å². The van der Waals surface area contributed by atoms with Crippen molar-refractivity contribution >= 4 is 22.8 Å². The van der Waals surface area contributed by atoms with Crippen LogP contribution in [0, 0.1) is 0 Å². The first-order valence-electron chi connectivity index (χ1n) is 4.99. The third-order valence-electron chi connectivity index (χ3n) is 2.16. The Balaban J connectivity index is 2.14. The van der Waals surface area contributed by atoms with Gasteiger partial charge in [-0.25, -0.2) is 0 Å². The molecular formula is C12H12N2OS. The van der Waals surface area contributed by atoms with Gasteiger partial charge in [-0.15, -0.1) is 6.58 Å². The van der Waals surface area contributed by atoms with E-state index >= 15 is 0 Å². The first-order valence-corrected chi connectivity index (χ1v) is 5.87. The van der Waals surface area contributed by atoms with Crippen molar-refractivity contribution < 1.29 is 4.79 Å². The summed E-state index contributed by atoms with van der Waals surface area (Å²) in [4.78, 5) is 15.9. The SMILES string of the molecule is C=CCN=C1NC(=O)C(c2ccccc2)S1. The van der Waals surface area contributed by atoms with Crippen LogP contribution in [0.3, 0.4) is 0 Å². The molecule has 1 fully saturated rings. The second-order valence-corrected chi connectivity index (χ2v) is 4.43. The van der Waals surface area contributed by atoms with E-state index in [9.17, 15) is 4.79 Å². The zero-order valence-corrected chi connectivity index (χ0v) is 9.54. The largest absolute Gasteiger partial charge is 0.304 e. The number of nitrogens with zero attached hydrogens (tertiary/aromatic N) is 1. The average molecular weight is 232 g/mol. The molecule has 0 aromatic heterocycles. The second kappa shape index (κ2) is 4.99. The Labute approximate surface area is 98.7 Å². The minimum absolute atomic E-state index is 0.000915. The van der Waals surface area contributed by atoms with Crippen molar-refractivity contribution in [2.75, 3.05) is 6.54 Å². The van der Waals surface area contributed by atoms with Crippen molar-refractivity contribution in [3.8, 4) is 0 Å². The minimum Gasteiger partial charge on any atom is -0.304 e. The molecule has 16 heavy (non-hydrogen) atoms. The third-order valence-corrected chi connectivity index (χ3v) is 3.34. The van der Waals surface area contributed by atoms with Gasteiger partial charge in [0.25, 0.3) is 0 Å². The fourth-order valence-corrected chi connectivity index (χ4v) is 2.43. The van der Waals surface area contributed by atoms with Crippen molar-refractivity contribution in [3.05, 3.63) is 48.6 Å². The van der Waals surface area contributed by atoms with Gasteiger partial charge in [0.15, 0.2) is 5.17 Å². The third kappa shape index (κ3) is 2.33. The quantitative estimate of drug-likeness (QED) is 0.811. The zero-order chi connectivity index (χ0) is 11.4. The van der Waals surface area contributed by atoms with Gasteiger partial charge in [-0.1, -0.05) is 48.2 Å². The number of amidine groups is 1. The van der Waals surface area contributed by atoms with Crippen LogP contribution in [0.4, 0.5) is 0 Å². The van der Waals surface area contributed by atoms with Crippen LogP contribution in [0.1, 0.15) is 10.8 Å². The van der Waals surface area contributed by atoms with E-state index in [1.807, 2.05) is 30.3 Å². The number of rotatable bonds is 3. The first-order chi connectivity index (χ1) is 7.81. The highest BCUT2D eigenvalue weighted by atomic mass is 32.2. The lowest BCUT2D eigenvalue weighted by Crippen LogP contribution is -2.21. The monoisotopic (exact) mass is 232 g/mol. The van der Waals surface area contributed by atoms with E-state index in [1.54, 1.807) is 6.08 Å². The van der Waals surface area contributed by atoms with Crippen molar-refractivity contribution in [2.45, 2.75) is 5.25 Å². The Bertz CT molecular complexity index is 428. The molecule has 1 saturated heterocycles. The number of hydrogen-bond donors (Lipinski definition) is 1. The molecule has 0 saturated carbocycles. The number of thioether (sulfide) groups is 1. The molecule has 1 heterocycles. The van der Waals surface area contributed by atoms with Crippen LogP contribution in [-0.2, 0) is 4.79 Å². The number of benzene rings is 1. The molecule has 1 aliphatic heterocycles. The lowest BCUT2D eigenvalue weighted by Gasteiger charge is -2.03. The van der Waals surface area contributed by atoms with E-state index in [1.165, 1.54) is 11.8 Å². The van der Waals surface area contributed by atoms with E-state index in [4.69, 9.17) is 0 Å². The highest BCUT2D eigenvalue weighted by Crippen LogP contribution is 2.33. The van der Waals surface area contributed by atoms with Crippen molar-refractivity contribution in [3.63, 3.8) is 0 Å². The Hall–Kier alpha value is -1.55. The van der Waals surface area contributed by atoms with Gasteiger partial charge in [0, 0.05) is 0 Å². The van der Waals surface area contributed by atoms with E-state index in [0.29, 0.717) is 11.7 Å². The first kappa shape index (κ1) is 11.0. The summed E-state index contributed by atoms with van der Waals surface area (Å²) in [5.41, 5.74) is 1.01. The van der Waals surface area contributed by atoms with Crippen molar-refractivity contribution in [1.82, 2.24) is 5.32 Å². The van der Waals surface area contributed by atoms with Gasteiger partial charge in [0.1, 0.15) is 5.25 Å². The van der Waals surface area contributed by atoms with Crippen LogP contribution < -0.4 is 5.32 Å². The molecule has 82 valence electrons. The zero-order valence-electron chi connectivity index (χ0n) is 8.72. The number of nitrogens with one attached hydrogen (secondary N) is 1. The van der Waals surface area contributed by atoms with Crippen LogP contribution in [-0.4, -0.2) is 17.6 Å². The fraction of sp³-hybridized carbons (Fsp3) is 0.167. The molecule has 1 atom stereocenters. The summed E-state index contributed by atoms with van der Waals surface area (Å²) in [5.74, 6) is -0.000915. The smallest absolute Gasteiger partial charge is 0.244 e. The molecule has 1 amide bonds. The lowest BCUT2D eigenvalue weighted by molar-refractivity contribution is -0.118. The molecule has 1 aromatic carbocycles. The standard InChI is InChI=1S/C12H12N2OS/c1-2-8-13-12-14-11(15)10(16-12)9-6-4-3-5-7-9/h2-7,10H,1,8H2,(H,13,14,15). The number of amides is 1. The van der Waals surface area contributed by atoms with Crippen LogP contribution in [0.25, 0.3) is 0 Å². The molecular weight excluding hydrogens is 220 g/mol. The molecule has 0 bridgehead atoms. The Morgan fingerprint density at radius 1 is 1.44 bits per heavy atom. The van der Waals surface area contributed by atoms with E-state index in [0.717, 1.165) is 5.56 Å². The number of carbonyl (C=O) groups excluding carboxylic acids is 1. The van der Waals surface area contributed by atoms with Gasteiger partial charge in [0.2, 0.25) is 5.91 Å². The van der Waals surface area contributed by atoms with E-state index < -0.39 is 0 Å². The van der Waals surface area contributed by atoms with Gasteiger partial charge < -0.3 is 5.32 Å². The molecule has 1 unspecified atom stereocenters. The van der Waals surface area contributed by atoms with Crippen LogP contribution >= 0.6 is 11.8 Å². The fourth-order valence-electron chi connectivity index (χ4n) is 1.44. The van der Waals surface area contributed by atoms with E-state index in [-0.39, 0.29) is 11.2 Å². The second-order valence-electron chi connectivity index (χ2n) is 3.33.